The number of carboxylic acids is 1. The van der Waals surface area contributed by atoms with E-state index in [-0.39, 0.29) is 0 Å². The number of carbonyl (C=O) groups is 1. The minimum Gasteiger partial charge on any atom is -0.493 e. The van der Waals surface area contributed by atoms with E-state index >= 15 is 0 Å². The van der Waals surface area contributed by atoms with Crippen LogP contribution in [0.4, 0.5) is 0 Å². The van der Waals surface area contributed by atoms with Crippen molar-refractivity contribution in [1.29, 1.82) is 0 Å². The average Bonchev–Trinajstić information content (AvgIpc) is 2.26. The highest BCUT2D eigenvalue weighted by atomic mass is 79.9. The molecule has 0 amide bonds. The largest absolute Gasteiger partial charge is 0.493 e. The zero-order valence-electron chi connectivity index (χ0n) is 8.86. The standard InChI is InChI=1S/C11H11BrO4/c1-15-8-5-3-7(4-6-9(13)14)10(12)11(8)16-2/h3-6H,1-2H3,(H,13,14)/b6-4+. The predicted molar refractivity (Wildman–Crippen MR) is 63.9 cm³/mol. The third kappa shape index (κ3) is 2.76. The fraction of sp³-hybridized carbons (Fsp3) is 0.182. The molecule has 16 heavy (non-hydrogen) atoms. The van der Waals surface area contributed by atoms with E-state index in [0.717, 1.165) is 6.08 Å². The Balaban J connectivity index is 3.18. The van der Waals surface area contributed by atoms with Crippen LogP contribution in [0.15, 0.2) is 22.7 Å². The van der Waals surface area contributed by atoms with Crippen LogP contribution in [0.25, 0.3) is 6.08 Å². The summed E-state index contributed by atoms with van der Waals surface area (Å²) in [6, 6.07) is 3.45. The second-order valence-electron chi connectivity index (χ2n) is 2.88. The van der Waals surface area contributed by atoms with Crippen molar-refractivity contribution in [2.24, 2.45) is 0 Å². The van der Waals surface area contributed by atoms with E-state index in [0.29, 0.717) is 21.5 Å². The molecule has 0 fully saturated rings. The van der Waals surface area contributed by atoms with Gasteiger partial charge in [0.25, 0.3) is 0 Å². The van der Waals surface area contributed by atoms with Gasteiger partial charge in [-0.15, -0.1) is 0 Å². The van der Waals surface area contributed by atoms with Gasteiger partial charge in [0, 0.05) is 6.08 Å². The summed E-state index contributed by atoms with van der Waals surface area (Å²) in [6.07, 6.45) is 2.54. The number of aliphatic carboxylic acids is 1. The molecule has 0 aromatic heterocycles. The normalized spacial score (nSPS) is 10.4. The van der Waals surface area contributed by atoms with Crippen LogP contribution in [0.5, 0.6) is 11.5 Å². The van der Waals surface area contributed by atoms with Gasteiger partial charge in [0.15, 0.2) is 11.5 Å². The minimum atomic E-state index is -0.998. The monoisotopic (exact) mass is 286 g/mol. The summed E-state index contributed by atoms with van der Waals surface area (Å²) >= 11 is 3.33. The van der Waals surface area contributed by atoms with Gasteiger partial charge in [-0.25, -0.2) is 4.79 Å². The van der Waals surface area contributed by atoms with Crippen LogP contribution in [-0.4, -0.2) is 25.3 Å². The van der Waals surface area contributed by atoms with Crippen LogP contribution in [-0.2, 0) is 4.79 Å². The topological polar surface area (TPSA) is 55.8 Å². The van der Waals surface area contributed by atoms with Crippen LogP contribution in [0.1, 0.15) is 5.56 Å². The van der Waals surface area contributed by atoms with Gasteiger partial charge in [-0.3, -0.25) is 0 Å². The summed E-state index contributed by atoms with van der Waals surface area (Å²) in [4.78, 5) is 10.4. The number of ether oxygens (including phenoxy) is 2. The van der Waals surface area contributed by atoms with Crippen LogP contribution in [0, 0.1) is 0 Å². The number of carboxylic acid groups (broad SMARTS) is 1. The molecule has 0 bridgehead atoms. The van der Waals surface area contributed by atoms with Crippen molar-refractivity contribution in [2.75, 3.05) is 14.2 Å². The third-order valence-corrected chi connectivity index (χ3v) is 2.74. The molecule has 0 spiro atoms. The van der Waals surface area contributed by atoms with Crippen LogP contribution >= 0.6 is 15.9 Å². The Labute approximate surface area is 102 Å². The molecule has 0 aliphatic rings. The maximum atomic E-state index is 10.4. The summed E-state index contributed by atoms with van der Waals surface area (Å²) in [6.45, 7) is 0. The first-order valence-electron chi connectivity index (χ1n) is 4.41. The van der Waals surface area contributed by atoms with Crippen LogP contribution in [0.2, 0.25) is 0 Å². The van der Waals surface area contributed by atoms with E-state index in [1.54, 1.807) is 12.1 Å². The van der Waals surface area contributed by atoms with Gasteiger partial charge >= 0.3 is 5.97 Å². The average molecular weight is 287 g/mol. The maximum absolute atomic E-state index is 10.4. The Kier molecular flexibility index (Phi) is 4.37. The molecule has 1 aromatic carbocycles. The van der Waals surface area contributed by atoms with E-state index < -0.39 is 5.97 Å². The fourth-order valence-electron chi connectivity index (χ4n) is 1.19. The Morgan fingerprint density at radius 2 is 2.06 bits per heavy atom. The molecule has 0 unspecified atom stereocenters. The van der Waals surface area contributed by atoms with Crippen LogP contribution in [0.3, 0.4) is 0 Å². The quantitative estimate of drug-likeness (QED) is 0.865. The first-order valence-corrected chi connectivity index (χ1v) is 5.21. The van der Waals surface area contributed by atoms with Crippen molar-refractivity contribution >= 4 is 28.0 Å². The summed E-state index contributed by atoms with van der Waals surface area (Å²) in [5.41, 5.74) is 0.708. The van der Waals surface area contributed by atoms with E-state index in [9.17, 15) is 4.79 Å². The van der Waals surface area contributed by atoms with E-state index in [4.69, 9.17) is 14.6 Å². The highest BCUT2D eigenvalue weighted by Crippen LogP contribution is 2.37. The summed E-state index contributed by atoms with van der Waals surface area (Å²) in [7, 11) is 3.06. The minimum absolute atomic E-state index is 0.537. The molecule has 0 atom stereocenters. The van der Waals surface area contributed by atoms with Crippen LogP contribution < -0.4 is 9.47 Å². The van der Waals surface area contributed by atoms with Crippen molar-refractivity contribution in [3.8, 4) is 11.5 Å². The fourth-order valence-corrected chi connectivity index (χ4v) is 1.82. The Bertz CT molecular complexity index is 426. The Hall–Kier alpha value is -1.49. The molecule has 5 heteroatoms. The van der Waals surface area contributed by atoms with Gasteiger partial charge in [0.1, 0.15) is 0 Å². The molecule has 0 saturated heterocycles. The molecular formula is C11H11BrO4. The van der Waals surface area contributed by atoms with Crippen molar-refractivity contribution < 1.29 is 19.4 Å². The number of benzene rings is 1. The van der Waals surface area contributed by atoms with Gasteiger partial charge in [-0.2, -0.15) is 0 Å². The molecule has 0 aliphatic heterocycles. The number of methoxy groups -OCH3 is 2. The molecule has 0 heterocycles. The van der Waals surface area contributed by atoms with E-state index in [1.807, 2.05) is 0 Å². The molecule has 0 saturated carbocycles. The lowest BCUT2D eigenvalue weighted by Crippen LogP contribution is -1.93. The number of halogens is 1. The molecule has 86 valence electrons. The van der Waals surface area contributed by atoms with Gasteiger partial charge < -0.3 is 14.6 Å². The van der Waals surface area contributed by atoms with Crippen molar-refractivity contribution in [2.45, 2.75) is 0 Å². The molecule has 0 radical (unpaired) electrons. The molecule has 1 N–H and O–H groups in total. The lowest BCUT2D eigenvalue weighted by Gasteiger charge is -2.10. The Morgan fingerprint density at radius 1 is 1.38 bits per heavy atom. The Morgan fingerprint density at radius 3 is 2.56 bits per heavy atom. The molecule has 4 nitrogen and oxygen atoms in total. The summed E-state index contributed by atoms with van der Waals surface area (Å²) in [5, 5.41) is 8.53. The molecule has 0 aliphatic carbocycles. The van der Waals surface area contributed by atoms with Crippen molar-refractivity contribution in [3.05, 3.63) is 28.2 Å². The lowest BCUT2D eigenvalue weighted by molar-refractivity contribution is -0.131. The SMILES string of the molecule is COc1ccc(/C=C/C(=O)O)c(Br)c1OC. The number of hydrogen-bond donors (Lipinski definition) is 1. The van der Waals surface area contributed by atoms with Gasteiger partial charge in [-0.1, -0.05) is 0 Å². The van der Waals surface area contributed by atoms with Gasteiger partial charge in [-0.05, 0) is 39.7 Å². The number of hydrogen-bond acceptors (Lipinski definition) is 3. The third-order valence-electron chi connectivity index (χ3n) is 1.92. The molecular weight excluding hydrogens is 276 g/mol. The second kappa shape index (κ2) is 5.55. The van der Waals surface area contributed by atoms with E-state index in [1.165, 1.54) is 20.3 Å². The second-order valence-corrected chi connectivity index (χ2v) is 3.67. The van der Waals surface area contributed by atoms with Gasteiger partial charge in [0.2, 0.25) is 0 Å². The van der Waals surface area contributed by atoms with Crippen molar-refractivity contribution in [3.63, 3.8) is 0 Å². The first kappa shape index (κ1) is 12.6. The summed E-state index contributed by atoms with van der Waals surface area (Å²) in [5.74, 6) is 0.124. The summed E-state index contributed by atoms with van der Waals surface area (Å²) < 4.78 is 10.9. The first-order chi connectivity index (χ1) is 7.60. The van der Waals surface area contributed by atoms with E-state index in [2.05, 4.69) is 15.9 Å². The highest BCUT2D eigenvalue weighted by Gasteiger charge is 2.10. The zero-order chi connectivity index (χ0) is 12.1. The lowest BCUT2D eigenvalue weighted by atomic mass is 10.2. The predicted octanol–water partition coefficient (Wildman–Crippen LogP) is 2.56. The van der Waals surface area contributed by atoms with Crippen molar-refractivity contribution in [1.82, 2.24) is 0 Å². The highest BCUT2D eigenvalue weighted by molar-refractivity contribution is 9.10. The molecule has 1 rings (SSSR count). The maximum Gasteiger partial charge on any atom is 0.328 e. The smallest absolute Gasteiger partial charge is 0.328 e. The zero-order valence-corrected chi connectivity index (χ0v) is 10.4. The number of rotatable bonds is 4. The van der Waals surface area contributed by atoms with Gasteiger partial charge in [0.05, 0.1) is 18.7 Å². The molecule has 1 aromatic rings.